The maximum atomic E-state index is 10.2. The van der Waals surface area contributed by atoms with E-state index in [2.05, 4.69) is 11.3 Å². The van der Waals surface area contributed by atoms with Gasteiger partial charge >= 0.3 is 7.60 Å². The molecule has 0 aromatic heterocycles. The van der Waals surface area contributed by atoms with Crippen LogP contribution in [0.2, 0.25) is 0 Å². The summed E-state index contributed by atoms with van der Waals surface area (Å²) in [4.78, 5) is 16.7. The lowest BCUT2D eigenvalue weighted by Crippen LogP contribution is -2.00. The normalized spacial score (nSPS) is 11.5. The largest absolute Gasteiger partial charge is 0.364 e. The first-order valence-electron chi connectivity index (χ1n) is 2.80. The van der Waals surface area contributed by atoms with E-state index in [4.69, 9.17) is 21.4 Å². The van der Waals surface area contributed by atoms with Gasteiger partial charge in [-0.2, -0.15) is 0 Å². The molecule has 0 heterocycles. The van der Waals surface area contributed by atoms with Crippen LogP contribution in [0.4, 0.5) is 0 Å². The molecule has 0 aliphatic heterocycles. The van der Waals surface area contributed by atoms with Gasteiger partial charge in [0.15, 0.2) is 0 Å². The molecule has 0 aromatic rings. The van der Waals surface area contributed by atoms with Gasteiger partial charge in [0, 0.05) is 5.88 Å². The third-order valence-electron chi connectivity index (χ3n) is 0.755. The Morgan fingerprint density at radius 3 is 2.55 bits per heavy atom. The van der Waals surface area contributed by atoms with Gasteiger partial charge < -0.3 is 14.5 Å². The Bertz CT molecular complexity index is 175. The van der Waals surface area contributed by atoms with Gasteiger partial charge in [-0.15, -0.1) is 11.6 Å². The first-order valence-corrected chi connectivity index (χ1v) is 5.14. The van der Waals surface area contributed by atoms with Crippen molar-refractivity contribution in [1.29, 1.82) is 0 Å². The first-order chi connectivity index (χ1) is 4.95. The van der Waals surface area contributed by atoms with Crippen molar-refractivity contribution >= 4 is 19.2 Å². The van der Waals surface area contributed by atoms with Crippen LogP contribution in [0.25, 0.3) is 0 Å². The van der Waals surface area contributed by atoms with Gasteiger partial charge in [0.25, 0.3) is 0 Å². The Kier molecular flexibility index (Phi) is 4.97. The highest BCUT2D eigenvalue weighted by molar-refractivity contribution is 7.51. The minimum atomic E-state index is -4.04. The highest BCUT2D eigenvalue weighted by Gasteiger charge is 2.12. The summed E-state index contributed by atoms with van der Waals surface area (Å²) in [6, 6.07) is 0. The van der Waals surface area contributed by atoms with Gasteiger partial charge in [-0.05, 0) is 5.57 Å². The molecule has 0 fully saturated rings. The molecule has 0 aliphatic carbocycles. The summed E-state index contributed by atoms with van der Waals surface area (Å²) in [7, 11) is -4.04. The monoisotopic (exact) mass is 200 g/mol. The molecule has 6 heteroatoms. The van der Waals surface area contributed by atoms with Crippen LogP contribution in [0.5, 0.6) is 0 Å². The smallest absolute Gasteiger partial charge is 0.350 e. The second kappa shape index (κ2) is 4.91. The molecule has 0 saturated heterocycles. The summed E-state index contributed by atoms with van der Waals surface area (Å²) in [5.41, 5.74) is 0.597. The zero-order chi connectivity index (χ0) is 8.91. The zero-order valence-electron chi connectivity index (χ0n) is 5.86. The van der Waals surface area contributed by atoms with Crippen molar-refractivity contribution < 1.29 is 19.1 Å². The SMILES string of the molecule is C=C(CCl)COCP(=O)(O)O. The van der Waals surface area contributed by atoms with Gasteiger partial charge in [0.1, 0.15) is 6.35 Å². The fourth-order valence-corrected chi connectivity index (χ4v) is 0.754. The molecule has 0 aromatic carbocycles. The van der Waals surface area contributed by atoms with Crippen LogP contribution in [0.1, 0.15) is 0 Å². The average molecular weight is 201 g/mol. The summed E-state index contributed by atoms with van der Waals surface area (Å²) < 4.78 is 14.8. The van der Waals surface area contributed by atoms with Gasteiger partial charge in [0.2, 0.25) is 0 Å². The van der Waals surface area contributed by atoms with Gasteiger partial charge in [0.05, 0.1) is 6.61 Å². The van der Waals surface area contributed by atoms with Crippen molar-refractivity contribution in [2.45, 2.75) is 0 Å². The molecule has 0 amide bonds. The molecule has 11 heavy (non-hydrogen) atoms. The maximum Gasteiger partial charge on any atom is 0.350 e. The van der Waals surface area contributed by atoms with Crippen molar-refractivity contribution in [2.75, 3.05) is 18.8 Å². The number of alkyl halides is 1. The van der Waals surface area contributed by atoms with Crippen LogP contribution in [-0.2, 0) is 9.30 Å². The predicted molar refractivity (Wildman–Crippen MR) is 42.7 cm³/mol. The summed E-state index contributed by atoms with van der Waals surface area (Å²) in [5, 5.41) is 0. The maximum absolute atomic E-state index is 10.2. The molecule has 4 nitrogen and oxygen atoms in total. The second-order valence-electron chi connectivity index (χ2n) is 2.03. The molecule has 0 radical (unpaired) electrons. The number of rotatable bonds is 5. The molecule has 0 atom stereocenters. The Balaban J connectivity index is 3.43. The van der Waals surface area contributed by atoms with E-state index in [0.29, 0.717) is 5.57 Å². The summed E-state index contributed by atoms with van der Waals surface area (Å²) in [5.74, 6) is 0.237. The number of ether oxygens (including phenoxy) is 1. The van der Waals surface area contributed by atoms with Crippen molar-refractivity contribution in [3.8, 4) is 0 Å². The highest BCUT2D eigenvalue weighted by atomic mass is 35.5. The van der Waals surface area contributed by atoms with Crippen molar-refractivity contribution in [3.63, 3.8) is 0 Å². The molecular formula is C5H10ClO4P. The number of hydrogen-bond donors (Lipinski definition) is 2. The minimum Gasteiger partial charge on any atom is -0.364 e. The van der Waals surface area contributed by atoms with Crippen molar-refractivity contribution in [1.82, 2.24) is 0 Å². The van der Waals surface area contributed by atoms with Crippen molar-refractivity contribution in [2.24, 2.45) is 0 Å². The molecule has 0 aliphatic rings. The van der Waals surface area contributed by atoms with Gasteiger partial charge in [-0.1, -0.05) is 6.58 Å². The lowest BCUT2D eigenvalue weighted by Gasteiger charge is -2.05. The number of hydrogen-bond acceptors (Lipinski definition) is 2. The van der Waals surface area contributed by atoms with Crippen LogP contribution in [-0.4, -0.2) is 28.6 Å². The highest BCUT2D eigenvalue weighted by Crippen LogP contribution is 2.33. The van der Waals surface area contributed by atoms with Crippen LogP contribution in [0, 0.1) is 0 Å². The van der Waals surface area contributed by atoms with Gasteiger partial charge in [-0.25, -0.2) is 0 Å². The molecule has 2 N–H and O–H groups in total. The zero-order valence-corrected chi connectivity index (χ0v) is 7.51. The molecular weight excluding hydrogens is 190 g/mol. The Labute approximate surface area is 70.0 Å². The summed E-state index contributed by atoms with van der Waals surface area (Å²) >= 11 is 5.33. The Morgan fingerprint density at radius 2 is 2.18 bits per heavy atom. The van der Waals surface area contributed by atoms with Crippen LogP contribution in [0.3, 0.4) is 0 Å². The molecule has 66 valence electrons. The van der Waals surface area contributed by atoms with E-state index in [9.17, 15) is 4.57 Å². The molecule has 0 saturated carbocycles. The Morgan fingerprint density at radius 1 is 1.64 bits per heavy atom. The van der Waals surface area contributed by atoms with E-state index in [1.54, 1.807) is 0 Å². The third kappa shape index (κ3) is 8.04. The van der Waals surface area contributed by atoms with E-state index in [1.165, 1.54) is 0 Å². The lowest BCUT2D eigenvalue weighted by atomic mass is 10.4. The van der Waals surface area contributed by atoms with E-state index in [0.717, 1.165) is 0 Å². The quantitative estimate of drug-likeness (QED) is 0.394. The third-order valence-corrected chi connectivity index (χ3v) is 1.65. The van der Waals surface area contributed by atoms with Crippen molar-refractivity contribution in [3.05, 3.63) is 12.2 Å². The van der Waals surface area contributed by atoms with Crippen LogP contribution < -0.4 is 0 Å². The number of halogens is 1. The minimum absolute atomic E-state index is 0.0919. The summed E-state index contributed by atoms with van der Waals surface area (Å²) in [6.45, 7) is 3.57. The predicted octanol–water partition coefficient (Wildman–Crippen LogP) is 0.933. The first kappa shape index (κ1) is 11.1. The lowest BCUT2D eigenvalue weighted by molar-refractivity contribution is 0.179. The molecule has 0 unspecified atom stereocenters. The Hall–Kier alpha value is 0.140. The van der Waals surface area contributed by atoms with E-state index >= 15 is 0 Å². The molecule has 0 bridgehead atoms. The van der Waals surface area contributed by atoms with E-state index in [-0.39, 0.29) is 12.5 Å². The molecule has 0 rings (SSSR count). The summed E-state index contributed by atoms with van der Waals surface area (Å²) in [6.07, 6.45) is -0.580. The van der Waals surface area contributed by atoms with Gasteiger partial charge in [-0.3, -0.25) is 4.57 Å². The molecule has 0 spiro atoms. The van der Waals surface area contributed by atoms with E-state index < -0.39 is 13.9 Å². The standard InChI is InChI=1S/C5H10ClO4P/c1-5(2-6)3-10-4-11(7,8)9/h1-4H2,(H2,7,8,9). The van der Waals surface area contributed by atoms with E-state index in [1.807, 2.05) is 0 Å². The fourth-order valence-electron chi connectivity index (χ4n) is 0.347. The van der Waals surface area contributed by atoms with Crippen LogP contribution in [0.15, 0.2) is 12.2 Å². The topological polar surface area (TPSA) is 66.8 Å². The average Bonchev–Trinajstić information content (AvgIpc) is 1.85. The second-order valence-corrected chi connectivity index (χ2v) is 3.88. The fraction of sp³-hybridized carbons (Fsp3) is 0.600. The van der Waals surface area contributed by atoms with Crippen LogP contribution >= 0.6 is 19.2 Å².